The van der Waals surface area contributed by atoms with Crippen LogP contribution in [-0.4, -0.2) is 17.8 Å². The summed E-state index contributed by atoms with van der Waals surface area (Å²) in [5.41, 5.74) is 2.63. The maximum absolute atomic E-state index is 9.48. The van der Waals surface area contributed by atoms with Crippen molar-refractivity contribution in [2.24, 2.45) is 4.99 Å². The van der Waals surface area contributed by atoms with Crippen LogP contribution in [-0.2, 0) is 5.41 Å². The molecular weight excluding hydrogens is 344 g/mol. The van der Waals surface area contributed by atoms with Crippen LogP contribution in [0.2, 0.25) is 5.02 Å². The van der Waals surface area contributed by atoms with Gasteiger partial charge in [-0.05, 0) is 18.6 Å². The number of nitriles is 1. The molecule has 2 rings (SSSR count). The van der Waals surface area contributed by atoms with Gasteiger partial charge in [-0.25, -0.2) is 0 Å². The zero-order chi connectivity index (χ0) is 17.9. The second-order valence-electron chi connectivity index (χ2n) is 6.29. The molecule has 0 atom stereocenters. The molecule has 0 bridgehead atoms. The van der Waals surface area contributed by atoms with Crippen LogP contribution in [0.1, 0.15) is 37.6 Å². The van der Waals surface area contributed by atoms with Crippen LogP contribution in [0, 0.1) is 18.3 Å². The molecule has 1 N–H and O–H groups in total. The standard InChI is InChI=1S/C17H19ClN4OS/c1-10-6-13(21-9-20-5)12(18)7-14(10)23-16-11(8-19)15(22-24-16)17(2,3)4/h6-7,9H,1-5H3,(H,20,21). The van der Waals surface area contributed by atoms with E-state index in [2.05, 4.69) is 20.8 Å². The average Bonchev–Trinajstić information content (AvgIpc) is 2.92. The summed E-state index contributed by atoms with van der Waals surface area (Å²) in [7, 11) is 1.67. The molecule has 24 heavy (non-hydrogen) atoms. The molecule has 7 heteroatoms. The number of aryl methyl sites for hydroxylation is 1. The first-order valence-electron chi connectivity index (χ1n) is 7.33. The van der Waals surface area contributed by atoms with Gasteiger partial charge in [-0.1, -0.05) is 32.4 Å². The van der Waals surface area contributed by atoms with E-state index in [1.54, 1.807) is 19.5 Å². The summed E-state index contributed by atoms with van der Waals surface area (Å²) in [6.07, 6.45) is 1.56. The third-order valence-corrected chi connectivity index (χ3v) is 4.34. The van der Waals surface area contributed by atoms with Crippen LogP contribution in [0.5, 0.6) is 10.8 Å². The third kappa shape index (κ3) is 3.86. The lowest BCUT2D eigenvalue weighted by atomic mass is 9.90. The Hall–Kier alpha value is -2.10. The van der Waals surface area contributed by atoms with Crippen LogP contribution >= 0.6 is 23.1 Å². The zero-order valence-electron chi connectivity index (χ0n) is 14.3. The molecule has 0 aliphatic rings. The molecule has 2 aromatic rings. The van der Waals surface area contributed by atoms with Crippen molar-refractivity contribution in [1.82, 2.24) is 4.37 Å². The lowest BCUT2D eigenvalue weighted by molar-refractivity contribution is 0.488. The van der Waals surface area contributed by atoms with Crippen LogP contribution in [0.4, 0.5) is 5.69 Å². The highest BCUT2D eigenvalue weighted by Crippen LogP contribution is 2.39. The first-order chi connectivity index (χ1) is 11.3. The smallest absolute Gasteiger partial charge is 0.218 e. The van der Waals surface area contributed by atoms with Crippen LogP contribution in [0.3, 0.4) is 0 Å². The summed E-state index contributed by atoms with van der Waals surface area (Å²) in [4.78, 5) is 3.87. The molecule has 0 aliphatic heterocycles. The van der Waals surface area contributed by atoms with E-state index in [-0.39, 0.29) is 5.41 Å². The van der Waals surface area contributed by atoms with E-state index in [1.807, 2.05) is 33.8 Å². The van der Waals surface area contributed by atoms with Gasteiger partial charge in [0, 0.05) is 30.1 Å². The molecule has 0 spiro atoms. The fraction of sp³-hybridized carbons (Fsp3) is 0.353. The van der Waals surface area contributed by atoms with Gasteiger partial charge in [-0.3, -0.25) is 4.99 Å². The van der Waals surface area contributed by atoms with Crippen molar-refractivity contribution in [1.29, 1.82) is 5.26 Å². The first-order valence-corrected chi connectivity index (χ1v) is 8.48. The number of hydrogen-bond donors (Lipinski definition) is 1. The number of benzene rings is 1. The minimum Gasteiger partial charge on any atom is -0.443 e. The van der Waals surface area contributed by atoms with E-state index in [9.17, 15) is 5.26 Å². The molecule has 1 aromatic heterocycles. The minimum absolute atomic E-state index is 0.219. The fourth-order valence-corrected chi connectivity index (χ4v) is 3.18. The summed E-state index contributed by atoms with van der Waals surface area (Å²) in [5, 5.41) is 13.5. The number of halogens is 1. The highest BCUT2D eigenvalue weighted by Gasteiger charge is 2.26. The topological polar surface area (TPSA) is 70.3 Å². The number of nitrogens with zero attached hydrogens (tertiary/aromatic N) is 3. The Morgan fingerprint density at radius 2 is 2.12 bits per heavy atom. The lowest BCUT2D eigenvalue weighted by Gasteiger charge is -2.15. The number of nitrogens with one attached hydrogen (secondary N) is 1. The van der Waals surface area contributed by atoms with Gasteiger partial charge in [-0.15, -0.1) is 0 Å². The number of hydrogen-bond acceptors (Lipinski definition) is 5. The van der Waals surface area contributed by atoms with Gasteiger partial charge in [0.15, 0.2) is 0 Å². The van der Waals surface area contributed by atoms with E-state index >= 15 is 0 Å². The fourth-order valence-electron chi connectivity index (χ4n) is 2.07. The van der Waals surface area contributed by atoms with Crippen LogP contribution in [0.15, 0.2) is 17.1 Å². The van der Waals surface area contributed by atoms with Gasteiger partial charge in [-0.2, -0.15) is 9.64 Å². The molecule has 1 heterocycles. The first kappa shape index (κ1) is 18.2. The Labute approximate surface area is 151 Å². The molecule has 0 unspecified atom stereocenters. The maximum atomic E-state index is 9.48. The van der Waals surface area contributed by atoms with E-state index in [0.717, 1.165) is 16.9 Å². The molecule has 126 valence electrons. The Balaban J connectivity index is 2.38. The Morgan fingerprint density at radius 3 is 2.71 bits per heavy atom. The van der Waals surface area contributed by atoms with E-state index < -0.39 is 0 Å². The van der Waals surface area contributed by atoms with Gasteiger partial charge in [0.05, 0.1) is 22.7 Å². The molecule has 0 saturated heterocycles. The molecule has 5 nitrogen and oxygen atoms in total. The SMILES string of the molecule is CN=CNc1cc(C)c(Oc2snc(C(C)(C)C)c2C#N)cc1Cl. The number of aromatic nitrogens is 1. The van der Waals surface area contributed by atoms with Crippen molar-refractivity contribution >= 4 is 35.2 Å². The minimum atomic E-state index is -0.219. The Morgan fingerprint density at radius 1 is 1.42 bits per heavy atom. The quantitative estimate of drug-likeness (QED) is 0.604. The summed E-state index contributed by atoms with van der Waals surface area (Å²) >= 11 is 7.45. The van der Waals surface area contributed by atoms with E-state index in [0.29, 0.717) is 21.4 Å². The largest absolute Gasteiger partial charge is 0.443 e. The van der Waals surface area contributed by atoms with Gasteiger partial charge in [0.2, 0.25) is 5.06 Å². The number of anilines is 1. The third-order valence-electron chi connectivity index (χ3n) is 3.30. The predicted octanol–water partition coefficient (Wildman–Crippen LogP) is 5.14. The van der Waals surface area contributed by atoms with Crippen molar-refractivity contribution in [2.45, 2.75) is 33.1 Å². The molecule has 0 radical (unpaired) electrons. The zero-order valence-corrected chi connectivity index (χ0v) is 15.8. The van der Waals surface area contributed by atoms with Gasteiger partial charge < -0.3 is 10.1 Å². The van der Waals surface area contributed by atoms with Crippen LogP contribution in [0.25, 0.3) is 0 Å². The Bertz CT molecular complexity index is 815. The molecule has 0 aliphatic carbocycles. The highest BCUT2D eigenvalue weighted by molar-refractivity contribution is 7.08. The summed E-state index contributed by atoms with van der Waals surface area (Å²) in [6, 6.07) is 5.80. The van der Waals surface area contributed by atoms with Gasteiger partial charge >= 0.3 is 0 Å². The molecule has 0 amide bonds. The van der Waals surface area contributed by atoms with Gasteiger partial charge in [0.25, 0.3) is 0 Å². The monoisotopic (exact) mass is 362 g/mol. The van der Waals surface area contributed by atoms with Crippen molar-refractivity contribution < 1.29 is 4.74 Å². The lowest BCUT2D eigenvalue weighted by Crippen LogP contribution is -2.13. The van der Waals surface area contributed by atoms with E-state index in [1.165, 1.54) is 11.5 Å². The molecular formula is C17H19ClN4OS. The summed E-state index contributed by atoms with van der Waals surface area (Å²) in [6.45, 7) is 7.97. The number of rotatable bonds is 4. The maximum Gasteiger partial charge on any atom is 0.218 e. The Kier molecular flexibility index (Phi) is 5.47. The van der Waals surface area contributed by atoms with Crippen molar-refractivity contribution in [3.8, 4) is 16.9 Å². The molecule has 0 fully saturated rings. The molecule has 0 saturated carbocycles. The van der Waals surface area contributed by atoms with E-state index in [4.69, 9.17) is 16.3 Å². The predicted molar refractivity (Wildman–Crippen MR) is 99.8 cm³/mol. The number of ether oxygens (including phenoxy) is 1. The van der Waals surface area contributed by atoms with Crippen LogP contribution < -0.4 is 10.1 Å². The van der Waals surface area contributed by atoms with Crippen molar-refractivity contribution in [2.75, 3.05) is 12.4 Å². The summed E-state index contributed by atoms with van der Waals surface area (Å²) < 4.78 is 10.3. The van der Waals surface area contributed by atoms with Crippen molar-refractivity contribution in [3.63, 3.8) is 0 Å². The average molecular weight is 363 g/mol. The normalized spacial score (nSPS) is 11.5. The highest BCUT2D eigenvalue weighted by atomic mass is 35.5. The van der Waals surface area contributed by atoms with Gasteiger partial charge in [0.1, 0.15) is 17.4 Å². The number of aliphatic imine (C=N–C) groups is 1. The van der Waals surface area contributed by atoms with Crippen molar-refractivity contribution in [3.05, 3.63) is 34.0 Å². The second kappa shape index (κ2) is 7.20. The molecule has 1 aromatic carbocycles. The second-order valence-corrected chi connectivity index (χ2v) is 7.43. The summed E-state index contributed by atoms with van der Waals surface area (Å²) in [5.74, 6) is 0.597.